The van der Waals surface area contributed by atoms with Gasteiger partial charge in [0.25, 0.3) is 0 Å². The fraction of sp³-hybridized carbons (Fsp3) is 0.125. The van der Waals surface area contributed by atoms with Gasteiger partial charge < -0.3 is 4.40 Å². The molecule has 0 atom stereocenters. The van der Waals surface area contributed by atoms with E-state index in [2.05, 4.69) is 72.2 Å². The number of hydrogen-bond acceptors (Lipinski definition) is 0. The lowest BCUT2D eigenvalue weighted by molar-refractivity contribution is 1.14. The Morgan fingerprint density at radius 3 is 2.47 bits per heavy atom. The van der Waals surface area contributed by atoms with Gasteiger partial charge in [0, 0.05) is 23.5 Å². The van der Waals surface area contributed by atoms with Crippen LogP contribution in [0, 0.1) is 0 Å². The van der Waals surface area contributed by atoms with Gasteiger partial charge in [0.05, 0.1) is 0 Å². The zero-order chi connectivity index (χ0) is 11.7. The summed E-state index contributed by atoms with van der Waals surface area (Å²) in [4.78, 5) is 0. The highest BCUT2D eigenvalue weighted by Gasteiger charge is 2.01. The van der Waals surface area contributed by atoms with Gasteiger partial charge in [0.15, 0.2) is 0 Å². The molecule has 2 heterocycles. The van der Waals surface area contributed by atoms with E-state index in [1.807, 2.05) is 0 Å². The first-order chi connectivity index (χ1) is 8.36. The van der Waals surface area contributed by atoms with Crippen LogP contribution in [0.1, 0.15) is 12.5 Å². The van der Waals surface area contributed by atoms with Crippen LogP contribution < -0.4 is 0 Å². The number of nitrogens with zero attached hydrogens (tertiary/aromatic N) is 1. The van der Waals surface area contributed by atoms with Crippen molar-refractivity contribution in [3.05, 3.63) is 66.5 Å². The van der Waals surface area contributed by atoms with Crippen molar-refractivity contribution in [1.82, 2.24) is 4.40 Å². The Morgan fingerprint density at radius 1 is 0.941 bits per heavy atom. The SMILES string of the molecule is CCc1ccc(-c2cc3ccccn3c2)cc1. The molecule has 3 rings (SSSR count). The molecule has 0 aliphatic rings. The number of pyridine rings is 1. The smallest absolute Gasteiger partial charge is 0.0456 e. The van der Waals surface area contributed by atoms with Gasteiger partial charge in [-0.1, -0.05) is 37.3 Å². The highest BCUT2D eigenvalue weighted by atomic mass is 14.8. The summed E-state index contributed by atoms with van der Waals surface area (Å²) in [5, 5.41) is 0. The van der Waals surface area contributed by atoms with E-state index in [1.54, 1.807) is 0 Å². The van der Waals surface area contributed by atoms with Gasteiger partial charge in [-0.3, -0.25) is 0 Å². The van der Waals surface area contributed by atoms with Crippen LogP contribution in [0.3, 0.4) is 0 Å². The summed E-state index contributed by atoms with van der Waals surface area (Å²) in [6, 6.07) is 17.3. The van der Waals surface area contributed by atoms with E-state index in [0.29, 0.717) is 0 Å². The molecule has 0 aliphatic heterocycles. The van der Waals surface area contributed by atoms with Crippen LogP contribution in [0.25, 0.3) is 16.6 Å². The van der Waals surface area contributed by atoms with Gasteiger partial charge in [-0.2, -0.15) is 0 Å². The van der Waals surface area contributed by atoms with E-state index in [9.17, 15) is 0 Å². The Kier molecular flexibility index (Phi) is 2.45. The zero-order valence-corrected chi connectivity index (χ0v) is 9.93. The van der Waals surface area contributed by atoms with Crippen LogP contribution in [-0.2, 0) is 6.42 Å². The van der Waals surface area contributed by atoms with E-state index in [-0.39, 0.29) is 0 Å². The van der Waals surface area contributed by atoms with Gasteiger partial charge in [-0.25, -0.2) is 0 Å². The first kappa shape index (κ1) is 10.2. The van der Waals surface area contributed by atoms with Gasteiger partial charge in [-0.15, -0.1) is 0 Å². The van der Waals surface area contributed by atoms with Crippen molar-refractivity contribution in [3.8, 4) is 11.1 Å². The molecule has 0 spiro atoms. The van der Waals surface area contributed by atoms with Crippen molar-refractivity contribution in [2.24, 2.45) is 0 Å². The van der Waals surface area contributed by atoms with Crippen molar-refractivity contribution < 1.29 is 0 Å². The molecule has 0 fully saturated rings. The summed E-state index contributed by atoms with van der Waals surface area (Å²) in [5.41, 5.74) is 5.18. The topological polar surface area (TPSA) is 4.41 Å². The van der Waals surface area contributed by atoms with Crippen LogP contribution in [0.15, 0.2) is 60.9 Å². The lowest BCUT2D eigenvalue weighted by atomic mass is 10.1. The van der Waals surface area contributed by atoms with Crippen LogP contribution in [0.5, 0.6) is 0 Å². The molecule has 1 heteroatoms. The Labute approximate surface area is 101 Å². The number of aromatic nitrogens is 1. The average molecular weight is 221 g/mol. The van der Waals surface area contributed by atoms with Gasteiger partial charge in [0.2, 0.25) is 0 Å². The van der Waals surface area contributed by atoms with Gasteiger partial charge in [0.1, 0.15) is 0 Å². The molecule has 2 aromatic heterocycles. The molecule has 84 valence electrons. The second-order valence-corrected chi connectivity index (χ2v) is 4.31. The highest BCUT2D eigenvalue weighted by Crippen LogP contribution is 2.23. The molecule has 17 heavy (non-hydrogen) atoms. The van der Waals surface area contributed by atoms with E-state index in [0.717, 1.165) is 6.42 Å². The maximum atomic E-state index is 2.22. The molecule has 0 unspecified atom stereocenters. The summed E-state index contributed by atoms with van der Waals surface area (Å²) >= 11 is 0. The summed E-state index contributed by atoms with van der Waals surface area (Å²) < 4.78 is 2.16. The molecular weight excluding hydrogens is 206 g/mol. The fourth-order valence-electron chi connectivity index (χ4n) is 2.15. The van der Waals surface area contributed by atoms with Crippen molar-refractivity contribution in [2.75, 3.05) is 0 Å². The minimum absolute atomic E-state index is 1.10. The third-order valence-electron chi connectivity index (χ3n) is 3.20. The standard InChI is InChI=1S/C16H15N/c1-2-13-6-8-14(9-7-13)15-11-16-5-3-4-10-17(16)12-15/h3-12H,2H2,1H3. The number of benzene rings is 1. The molecule has 0 aliphatic carbocycles. The van der Waals surface area contributed by atoms with Crippen LogP contribution in [0.4, 0.5) is 0 Å². The van der Waals surface area contributed by atoms with Crippen LogP contribution in [-0.4, -0.2) is 4.40 Å². The minimum atomic E-state index is 1.10. The first-order valence-electron chi connectivity index (χ1n) is 6.03. The Hall–Kier alpha value is -2.02. The molecule has 0 amide bonds. The zero-order valence-electron chi connectivity index (χ0n) is 9.93. The summed E-state index contributed by atoms with van der Waals surface area (Å²) in [5.74, 6) is 0. The van der Waals surface area contributed by atoms with E-state index in [4.69, 9.17) is 0 Å². The monoisotopic (exact) mass is 221 g/mol. The largest absolute Gasteiger partial charge is 0.323 e. The van der Waals surface area contributed by atoms with Gasteiger partial charge >= 0.3 is 0 Å². The number of aryl methyl sites for hydroxylation is 1. The second-order valence-electron chi connectivity index (χ2n) is 4.31. The van der Waals surface area contributed by atoms with Crippen molar-refractivity contribution >= 4 is 5.52 Å². The predicted octanol–water partition coefficient (Wildman–Crippen LogP) is 4.17. The Balaban J connectivity index is 2.07. The molecular formula is C16H15N. The predicted molar refractivity (Wildman–Crippen MR) is 72.2 cm³/mol. The molecule has 1 aromatic carbocycles. The molecule has 0 N–H and O–H groups in total. The summed E-state index contributed by atoms with van der Waals surface area (Å²) in [6.45, 7) is 2.18. The minimum Gasteiger partial charge on any atom is -0.323 e. The summed E-state index contributed by atoms with van der Waals surface area (Å²) in [6.07, 6.45) is 5.35. The van der Waals surface area contributed by atoms with E-state index in [1.165, 1.54) is 22.2 Å². The lowest BCUT2D eigenvalue weighted by Gasteiger charge is -1.99. The van der Waals surface area contributed by atoms with Crippen molar-refractivity contribution in [2.45, 2.75) is 13.3 Å². The highest BCUT2D eigenvalue weighted by molar-refractivity contribution is 5.70. The molecule has 0 saturated carbocycles. The maximum Gasteiger partial charge on any atom is 0.0456 e. The second kappa shape index (κ2) is 4.10. The number of rotatable bonds is 2. The molecule has 0 saturated heterocycles. The average Bonchev–Trinajstić information content (AvgIpc) is 2.82. The first-order valence-corrected chi connectivity index (χ1v) is 6.03. The molecule has 0 radical (unpaired) electrons. The van der Waals surface area contributed by atoms with E-state index >= 15 is 0 Å². The summed E-state index contributed by atoms with van der Waals surface area (Å²) in [7, 11) is 0. The molecule has 1 nitrogen and oxygen atoms in total. The number of fused-ring (bicyclic) bond motifs is 1. The Morgan fingerprint density at radius 2 is 1.76 bits per heavy atom. The third kappa shape index (κ3) is 1.84. The fourth-order valence-corrected chi connectivity index (χ4v) is 2.15. The normalized spacial score (nSPS) is 10.9. The van der Waals surface area contributed by atoms with Crippen LogP contribution in [0.2, 0.25) is 0 Å². The lowest BCUT2D eigenvalue weighted by Crippen LogP contribution is -1.80. The Bertz CT molecular complexity index is 599. The van der Waals surface area contributed by atoms with Crippen molar-refractivity contribution in [1.29, 1.82) is 0 Å². The van der Waals surface area contributed by atoms with Crippen molar-refractivity contribution in [3.63, 3.8) is 0 Å². The van der Waals surface area contributed by atoms with Crippen LogP contribution >= 0.6 is 0 Å². The number of hydrogen-bond donors (Lipinski definition) is 0. The van der Waals surface area contributed by atoms with Gasteiger partial charge in [-0.05, 0) is 35.7 Å². The maximum absolute atomic E-state index is 2.22. The molecule has 3 aromatic rings. The third-order valence-corrected chi connectivity index (χ3v) is 3.20. The quantitative estimate of drug-likeness (QED) is 0.612. The molecule has 0 bridgehead atoms. The van der Waals surface area contributed by atoms with E-state index < -0.39 is 0 Å².